The summed E-state index contributed by atoms with van der Waals surface area (Å²) >= 11 is 3.52. The minimum atomic E-state index is 0.122. The minimum Gasteiger partial charge on any atom is -0.482 e. The van der Waals surface area contributed by atoms with Gasteiger partial charge in [0.1, 0.15) is 5.75 Å². The molecule has 0 aliphatic carbocycles. The van der Waals surface area contributed by atoms with Gasteiger partial charge in [-0.15, -0.1) is 10.2 Å². The maximum absolute atomic E-state index is 6.04. The highest BCUT2D eigenvalue weighted by Crippen LogP contribution is 2.30. The Kier molecular flexibility index (Phi) is 5.76. The number of rotatable bonds is 7. The summed E-state index contributed by atoms with van der Waals surface area (Å²) in [4.78, 5) is 0. The van der Waals surface area contributed by atoms with Crippen LogP contribution in [0.4, 0.5) is 0 Å². The lowest BCUT2D eigenvalue weighted by atomic mass is 10.0. The summed E-state index contributed by atoms with van der Waals surface area (Å²) in [6.07, 6.45) is 2.42. The summed E-state index contributed by atoms with van der Waals surface area (Å²) in [6.45, 7) is 4.30. The molecule has 0 aliphatic rings. The van der Waals surface area contributed by atoms with Crippen molar-refractivity contribution in [1.82, 2.24) is 10.2 Å². The smallest absolute Gasteiger partial charge is 0.253 e. The monoisotopic (exact) mass is 353 g/mol. The Balaban J connectivity index is 2.10. The predicted octanol–water partition coefficient (Wildman–Crippen LogP) is 3.25. The Hall–Kier alpha value is -1.40. The molecule has 0 fully saturated rings. The van der Waals surface area contributed by atoms with Crippen LogP contribution in [-0.2, 0) is 19.4 Å². The van der Waals surface area contributed by atoms with E-state index in [1.807, 2.05) is 25.1 Å². The fourth-order valence-corrected chi connectivity index (χ4v) is 2.45. The van der Waals surface area contributed by atoms with Gasteiger partial charge in [-0.2, -0.15) is 0 Å². The molecule has 21 heavy (non-hydrogen) atoms. The molecule has 2 rings (SSSR count). The summed E-state index contributed by atoms with van der Waals surface area (Å²) < 4.78 is 12.2. The average molecular weight is 354 g/mol. The molecule has 1 unspecified atom stereocenters. The summed E-state index contributed by atoms with van der Waals surface area (Å²) in [5.74, 6) is 1.89. The number of nitrogens with two attached hydrogens (primary N) is 1. The molecule has 1 heterocycles. The van der Waals surface area contributed by atoms with E-state index in [4.69, 9.17) is 14.9 Å². The number of hydrogen-bond donors (Lipinski definition) is 1. The van der Waals surface area contributed by atoms with Crippen molar-refractivity contribution in [2.45, 2.75) is 45.8 Å². The molecule has 0 amide bonds. The summed E-state index contributed by atoms with van der Waals surface area (Å²) in [5, 5.41) is 7.88. The summed E-state index contributed by atoms with van der Waals surface area (Å²) in [6, 6.07) is 6.08. The van der Waals surface area contributed by atoms with Crippen LogP contribution in [-0.4, -0.2) is 16.2 Å². The van der Waals surface area contributed by atoms with E-state index in [2.05, 4.69) is 33.1 Å². The molecular weight excluding hydrogens is 334 g/mol. The van der Waals surface area contributed by atoms with Crippen LogP contribution in [0.15, 0.2) is 27.1 Å². The number of benzene rings is 1. The van der Waals surface area contributed by atoms with Crippen LogP contribution >= 0.6 is 15.9 Å². The highest BCUT2D eigenvalue weighted by atomic mass is 79.9. The van der Waals surface area contributed by atoms with Crippen LogP contribution in [0.3, 0.4) is 0 Å². The van der Waals surface area contributed by atoms with Gasteiger partial charge in [-0.3, -0.25) is 0 Å². The van der Waals surface area contributed by atoms with Gasteiger partial charge in [0.25, 0.3) is 5.89 Å². The maximum Gasteiger partial charge on any atom is 0.253 e. The first-order valence-corrected chi connectivity index (χ1v) is 7.90. The first-order chi connectivity index (χ1) is 10.1. The zero-order valence-electron chi connectivity index (χ0n) is 12.3. The van der Waals surface area contributed by atoms with Gasteiger partial charge in [0.2, 0.25) is 5.89 Å². The van der Waals surface area contributed by atoms with Gasteiger partial charge in [0.15, 0.2) is 6.61 Å². The van der Waals surface area contributed by atoms with Crippen LogP contribution in [0.2, 0.25) is 0 Å². The Morgan fingerprint density at radius 3 is 2.71 bits per heavy atom. The van der Waals surface area contributed by atoms with Crippen molar-refractivity contribution in [3.05, 3.63) is 40.0 Å². The molecule has 0 spiro atoms. The van der Waals surface area contributed by atoms with E-state index in [1.54, 1.807) is 0 Å². The summed E-state index contributed by atoms with van der Waals surface area (Å²) in [7, 11) is 0. The van der Waals surface area contributed by atoms with Gasteiger partial charge in [-0.25, -0.2) is 0 Å². The summed E-state index contributed by atoms with van der Waals surface area (Å²) in [5.41, 5.74) is 7.12. The van der Waals surface area contributed by atoms with Crippen molar-refractivity contribution in [2.75, 3.05) is 0 Å². The molecule has 1 aromatic heterocycles. The fourth-order valence-electron chi connectivity index (χ4n) is 1.93. The van der Waals surface area contributed by atoms with Crippen molar-refractivity contribution >= 4 is 15.9 Å². The van der Waals surface area contributed by atoms with Crippen LogP contribution in [0.1, 0.15) is 37.6 Å². The number of aromatic nitrogens is 2. The second-order valence-corrected chi connectivity index (χ2v) is 5.69. The zero-order valence-corrected chi connectivity index (χ0v) is 13.9. The molecule has 0 saturated heterocycles. The zero-order chi connectivity index (χ0) is 15.2. The van der Waals surface area contributed by atoms with E-state index in [1.165, 1.54) is 0 Å². The molecule has 5 nitrogen and oxygen atoms in total. The van der Waals surface area contributed by atoms with E-state index in [0.717, 1.165) is 35.0 Å². The van der Waals surface area contributed by atoms with E-state index in [0.29, 0.717) is 11.8 Å². The van der Waals surface area contributed by atoms with Crippen LogP contribution in [0, 0.1) is 0 Å². The molecule has 0 radical (unpaired) electrons. The quantitative estimate of drug-likeness (QED) is 0.826. The van der Waals surface area contributed by atoms with Crippen molar-refractivity contribution in [3.63, 3.8) is 0 Å². The second kappa shape index (κ2) is 7.56. The molecule has 0 aliphatic heterocycles. The van der Waals surface area contributed by atoms with Gasteiger partial charge in [-0.05, 0) is 40.4 Å². The standard InChI is InChI=1S/C15H20BrN3O2/c1-3-11(17)8-10-6-5-7-12(16)15(10)20-9-14-19-18-13(4-2)21-14/h5-7,11H,3-4,8-9,17H2,1-2H3. The molecule has 1 aromatic carbocycles. The molecule has 2 aromatic rings. The van der Waals surface area contributed by atoms with E-state index >= 15 is 0 Å². The highest BCUT2D eigenvalue weighted by Gasteiger charge is 2.13. The number of para-hydroxylation sites is 1. The van der Waals surface area contributed by atoms with Crippen LogP contribution in [0.5, 0.6) is 5.75 Å². The number of halogens is 1. The predicted molar refractivity (Wildman–Crippen MR) is 84.1 cm³/mol. The first kappa shape index (κ1) is 16.0. The Labute approximate surface area is 133 Å². The van der Waals surface area contributed by atoms with Crippen molar-refractivity contribution in [3.8, 4) is 5.75 Å². The molecule has 0 saturated carbocycles. The third-order valence-electron chi connectivity index (χ3n) is 3.21. The number of hydrogen-bond acceptors (Lipinski definition) is 5. The highest BCUT2D eigenvalue weighted by molar-refractivity contribution is 9.10. The normalized spacial score (nSPS) is 12.4. The Morgan fingerprint density at radius 1 is 1.29 bits per heavy atom. The SMILES string of the molecule is CCc1nnc(COc2c(Br)cccc2CC(N)CC)o1. The van der Waals surface area contributed by atoms with Crippen molar-refractivity contribution < 1.29 is 9.15 Å². The first-order valence-electron chi connectivity index (χ1n) is 7.11. The number of aryl methyl sites for hydroxylation is 1. The average Bonchev–Trinajstić information content (AvgIpc) is 2.94. The molecule has 6 heteroatoms. The van der Waals surface area contributed by atoms with Gasteiger partial charge < -0.3 is 14.9 Å². The van der Waals surface area contributed by atoms with Crippen molar-refractivity contribution in [1.29, 1.82) is 0 Å². The van der Waals surface area contributed by atoms with Crippen LogP contribution in [0.25, 0.3) is 0 Å². The molecule has 114 valence electrons. The Bertz CT molecular complexity index is 586. The third kappa shape index (κ3) is 4.28. The van der Waals surface area contributed by atoms with Gasteiger partial charge in [-0.1, -0.05) is 26.0 Å². The van der Waals surface area contributed by atoms with Gasteiger partial charge in [0, 0.05) is 12.5 Å². The van der Waals surface area contributed by atoms with E-state index in [9.17, 15) is 0 Å². The Morgan fingerprint density at radius 2 is 2.05 bits per heavy atom. The molecular formula is C15H20BrN3O2. The largest absolute Gasteiger partial charge is 0.482 e. The maximum atomic E-state index is 6.04. The topological polar surface area (TPSA) is 74.2 Å². The number of ether oxygens (including phenoxy) is 1. The lowest BCUT2D eigenvalue weighted by Crippen LogP contribution is -2.21. The number of nitrogens with zero attached hydrogens (tertiary/aromatic N) is 2. The lowest BCUT2D eigenvalue weighted by molar-refractivity contribution is 0.255. The minimum absolute atomic E-state index is 0.122. The van der Waals surface area contributed by atoms with Gasteiger partial charge >= 0.3 is 0 Å². The van der Waals surface area contributed by atoms with Crippen molar-refractivity contribution in [2.24, 2.45) is 5.73 Å². The lowest BCUT2D eigenvalue weighted by Gasteiger charge is -2.15. The van der Waals surface area contributed by atoms with Crippen LogP contribution < -0.4 is 10.5 Å². The second-order valence-electron chi connectivity index (χ2n) is 4.83. The fraction of sp³-hybridized carbons (Fsp3) is 0.467. The van der Waals surface area contributed by atoms with E-state index in [-0.39, 0.29) is 12.6 Å². The third-order valence-corrected chi connectivity index (χ3v) is 3.83. The van der Waals surface area contributed by atoms with Gasteiger partial charge in [0.05, 0.1) is 4.47 Å². The van der Waals surface area contributed by atoms with E-state index < -0.39 is 0 Å². The molecule has 0 bridgehead atoms. The molecule has 2 N–H and O–H groups in total. The molecule has 1 atom stereocenters.